The molecule has 22 heavy (non-hydrogen) atoms. The molecular formula is C14H17N3O5. The van der Waals surface area contributed by atoms with Crippen LogP contribution in [0, 0.1) is 11.3 Å². The lowest BCUT2D eigenvalue weighted by Gasteiger charge is -2.12. The van der Waals surface area contributed by atoms with E-state index in [1.54, 1.807) is 19.9 Å². The van der Waals surface area contributed by atoms with E-state index >= 15 is 0 Å². The summed E-state index contributed by atoms with van der Waals surface area (Å²) in [4.78, 5) is 38.1. The molecule has 1 aromatic heterocycles. The van der Waals surface area contributed by atoms with Crippen molar-refractivity contribution in [2.75, 3.05) is 18.9 Å². The Hall–Kier alpha value is -2.82. The van der Waals surface area contributed by atoms with Crippen molar-refractivity contribution in [1.29, 1.82) is 5.26 Å². The number of pyridine rings is 1. The van der Waals surface area contributed by atoms with Gasteiger partial charge in [0.25, 0.3) is 5.56 Å². The number of carbonyl (C=O) groups is 2. The van der Waals surface area contributed by atoms with Gasteiger partial charge in [-0.15, -0.1) is 0 Å². The molecule has 8 nitrogen and oxygen atoms in total. The summed E-state index contributed by atoms with van der Waals surface area (Å²) in [6.07, 6.45) is 1.11. The number of nitriles is 1. The van der Waals surface area contributed by atoms with Crippen LogP contribution in [0.3, 0.4) is 0 Å². The maximum Gasteiger partial charge on any atom is 0.342 e. The molecule has 0 spiro atoms. The van der Waals surface area contributed by atoms with E-state index < -0.39 is 28.6 Å². The van der Waals surface area contributed by atoms with Crippen LogP contribution in [-0.2, 0) is 9.47 Å². The summed E-state index contributed by atoms with van der Waals surface area (Å²) in [5.41, 5.74) is 3.40. The number of esters is 2. The highest BCUT2D eigenvalue weighted by Crippen LogP contribution is 2.19. The number of anilines is 1. The average molecular weight is 307 g/mol. The van der Waals surface area contributed by atoms with Gasteiger partial charge < -0.3 is 20.2 Å². The number of H-pyrrole nitrogens is 1. The zero-order valence-electron chi connectivity index (χ0n) is 12.4. The van der Waals surface area contributed by atoms with Crippen LogP contribution < -0.4 is 11.3 Å². The average Bonchev–Trinajstić information content (AvgIpc) is 2.49. The lowest BCUT2D eigenvalue weighted by atomic mass is 10.0. The molecule has 8 heteroatoms. The van der Waals surface area contributed by atoms with Crippen molar-refractivity contribution in [3.8, 4) is 6.07 Å². The Kier molecular flexibility index (Phi) is 6.13. The Morgan fingerprint density at radius 2 is 1.64 bits per heavy atom. The van der Waals surface area contributed by atoms with E-state index in [4.69, 9.17) is 20.5 Å². The zero-order valence-corrected chi connectivity index (χ0v) is 12.4. The summed E-state index contributed by atoms with van der Waals surface area (Å²) in [5, 5.41) is 9.08. The quantitative estimate of drug-likeness (QED) is 0.747. The SMILES string of the molecule is CCCOC(=O)c1c(N)[nH]c(=O)c(C#N)c1C(=O)OCCC. The molecule has 0 saturated heterocycles. The lowest BCUT2D eigenvalue weighted by molar-refractivity contribution is 0.0458. The predicted octanol–water partition coefficient (Wildman–Crippen LogP) is 0.962. The minimum absolute atomic E-state index is 0.0832. The number of nitrogens with one attached hydrogen (secondary N) is 1. The third kappa shape index (κ3) is 3.63. The first-order valence-electron chi connectivity index (χ1n) is 6.77. The standard InChI is InChI=1S/C14H17N3O5/c1-3-5-21-13(19)9-8(7-15)12(18)17-11(16)10(9)14(20)22-6-4-2/h3-6H2,1-2H3,(H3,16,17,18). The van der Waals surface area contributed by atoms with Crippen molar-refractivity contribution in [2.45, 2.75) is 26.7 Å². The van der Waals surface area contributed by atoms with Crippen LogP contribution in [0.5, 0.6) is 0 Å². The first kappa shape index (κ1) is 17.2. The van der Waals surface area contributed by atoms with Gasteiger partial charge in [-0.1, -0.05) is 13.8 Å². The molecule has 0 amide bonds. The third-order valence-electron chi connectivity index (χ3n) is 2.64. The fourth-order valence-corrected chi connectivity index (χ4v) is 1.68. The first-order chi connectivity index (χ1) is 10.5. The Bertz CT molecular complexity index is 672. The molecule has 118 valence electrons. The van der Waals surface area contributed by atoms with E-state index in [1.165, 1.54) is 0 Å². The smallest absolute Gasteiger partial charge is 0.342 e. The number of rotatable bonds is 6. The molecule has 0 aliphatic rings. The van der Waals surface area contributed by atoms with E-state index in [0.29, 0.717) is 12.8 Å². The van der Waals surface area contributed by atoms with Gasteiger partial charge in [-0.25, -0.2) is 9.59 Å². The summed E-state index contributed by atoms with van der Waals surface area (Å²) < 4.78 is 9.85. The summed E-state index contributed by atoms with van der Waals surface area (Å²) in [7, 11) is 0. The maximum atomic E-state index is 12.1. The minimum atomic E-state index is -0.959. The van der Waals surface area contributed by atoms with Gasteiger partial charge in [-0.2, -0.15) is 5.26 Å². The number of hydrogen-bond acceptors (Lipinski definition) is 7. The fraction of sp³-hybridized carbons (Fsp3) is 0.429. The second-order valence-corrected chi connectivity index (χ2v) is 4.38. The van der Waals surface area contributed by atoms with Gasteiger partial charge in [-0.05, 0) is 12.8 Å². The van der Waals surface area contributed by atoms with Crippen molar-refractivity contribution < 1.29 is 19.1 Å². The van der Waals surface area contributed by atoms with Crippen molar-refractivity contribution in [3.05, 3.63) is 27.0 Å². The second kappa shape index (κ2) is 7.83. The van der Waals surface area contributed by atoms with Crippen molar-refractivity contribution in [3.63, 3.8) is 0 Å². The van der Waals surface area contributed by atoms with Crippen LogP contribution in [0.4, 0.5) is 5.82 Å². The van der Waals surface area contributed by atoms with Crippen molar-refractivity contribution in [2.24, 2.45) is 0 Å². The molecule has 3 N–H and O–H groups in total. The van der Waals surface area contributed by atoms with Crippen molar-refractivity contribution >= 4 is 17.8 Å². The highest BCUT2D eigenvalue weighted by molar-refractivity contribution is 6.07. The minimum Gasteiger partial charge on any atom is -0.462 e. The number of carbonyl (C=O) groups excluding carboxylic acids is 2. The number of nitrogens with zero attached hydrogens (tertiary/aromatic N) is 1. The predicted molar refractivity (Wildman–Crippen MR) is 77.3 cm³/mol. The van der Waals surface area contributed by atoms with Crippen LogP contribution in [0.2, 0.25) is 0 Å². The topological polar surface area (TPSA) is 135 Å². The number of aromatic amines is 1. The number of nitrogens with two attached hydrogens (primary N) is 1. The Morgan fingerprint density at radius 1 is 1.14 bits per heavy atom. The van der Waals surface area contributed by atoms with Crippen LogP contribution >= 0.6 is 0 Å². The summed E-state index contributed by atoms with van der Waals surface area (Å²) in [5.74, 6) is -2.19. The summed E-state index contributed by atoms with van der Waals surface area (Å²) in [6.45, 7) is 3.77. The van der Waals surface area contributed by atoms with E-state index in [9.17, 15) is 14.4 Å². The third-order valence-corrected chi connectivity index (χ3v) is 2.64. The molecule has 1 rings (SSSR count). The number of nitrogen functional groups attached to an aromatic ring is 1. The fourth-order valence-electron chi connectivity index (χ4n) is 1.68. The van der Waals surface area contributed by atoms with Gasteiger partial charge in [-0.3, -0.25) is 4.79 Å². The van der Waals surface area contributed by atoms with E-state index in [2.05, 4.69) is 4.98 Å². The second-order valence-electron chi connectivity index (χ2n) is 4.38. The monoisotopic (exact) mass is 307 g/mol. The molecule has 1 aromatic rings. The van der Waals surface area contributed by atoms with Crippen molar-refractivity contribution in [1.82, 2.24) is 4.98 Å². The van der Waals surface area contributed by atoms with E-state index in [1.807, 2.05) is 0 Å². The van der Waals surface area contributed by atoms with E-state index in [-0.39, 0.29) is 24.6 Å². The summed E-state index contributed by atoms with van der Waals surface area (Å²) >= 11 is 0. The molecule has 0 aliphatic carbocycles. The van der Waals surface area contributed by atoms with Gasteiger partial charge in [0.05, 0.1) is 13.2 Å². The molecule has 0 fully saturated rings. The van der Waals surface area contributed by atoms with Crippen LogP contribution in [-0.4, -0.2) is 30.1 Å². The number of hydrogen-bond donors (Lipinski definition) is 2. The Morgan fingerprint density at radius 3 is 2.09 bits per heavy atom. The molecule has 1 heterocycles. The molecule has 0 bridgehead atoms. The molecule has 0 saturated carbocycles. The van der Waals surface area contributed by atoms with Crippen LogP contribution in [0.1, 0.15) is 53.0 Å². The highest BCUT2D eigenvalue weighted by Gasteiger charge is 2.28. The number of ether oxygens (including phenoxy) is 2. The Balaban J connectivity index is 3.47. The van der Waals surface area contributed by atoms with Crippen LogP contribution in [0.15, 0.2) is 4.79 Å². The maximum absolute atomic E-state index is 12.1. The zero-order chi connectivity index (χ0) is 16.7. The molecule has 0 radical (unpaired) electrons. The van der Waals surface area contributed by atoms with Gasteiger partial charge >= 0.3 is 11.9 Å². The molecule has 0 atom stereocenters. The largest absolute Gasteiger partial charge is 0.462 e. The summed E-state index contributed by atoms with van der Waals surface area (Å²) in [6, 6.07) is 1.59. The van der Waals surface area contributed by atoms with Gasteiger partial charge in [0.15, 0.2) is 0 Å². The van der Waals surface area contributed by atoms with Crippen LogP contribution in [0.25, 0.3) is 0 Å². The molecule has 0 aromatic carbocycles. The molecule has 0 unspecified atom stereocenters. The molecular weight excluding hydrogens is 290 g/mol. The van der Waals surface area contributed by atoms with Gasteiger partial charge in [0.2, 0.25) is 0 Å². The van der Waals surface area contributed by atoms with Gasteiger partial charge in [0.1, 0.15) is 28.6 Å². The lowest BCUT2D eigenvalue weighted by Crippen LogP contribution is -2.26. The Labute approximate surface area is 126 Å². The normalized spacial score (nSPS) is 9.86. The van der Waals surface area contributed by atoms with Gasteiger partial charge in [0, 0.05) is 0 Å². The number of aromatic nitrogens is 1. The molecule has 0 aliphatic heterocycles. The highest BCUT2D eigenvalue weighted by atomic mass is 16.5. The van der Waals surface area contributed by atoms with E-state index in [0.717, 1.165) is 0 Å². The first-order valence-corrected chi connectivity index (χ1v) is 6.77.